The monoisotopic (exact) mass is 432 g/mol. The Labute approximate surface area is 183 Å². The number of nitrogens with zero attached hydrogens (tertiary/aromatic N) is 1. The van der Waals surface area contributed by atoms with Crippen LogP contribution in [-0.2, 0) is 15.4 Å². The van der Waals surface area contributed by atoms with Crippen molar-refractivity contribution in [1.82, 2.24) is 9.62 Å². The predicted molar refractivity (Wildman–Crippen MR) is 123 cm³/mol. The molecule has 5 heteroatoms. The molecule has 4 aliphatic rings. The standard InChI is InChI=1S/C25H40N2O2S/c1-4-27(5-2)12-6-7-19(3)26-30(28,29)24-10-8-23(9-11-24)25-16-20-13-21(17-25)15-22(14-20)18-25/h8-11,19-22,26H,4-7,12-18H2,1-3H3/t19-,20?,21?,22?,25?/m0/s1. The summed E-state index contributed by atoms with van der Waals surface area (Å²) in [6.45, 7) is 9.44. The molecule has 4 fully saturated rings. The van der Waals surface area contributed by atoms with E-state index in [1.165, 1.54) is 44.1 Å². The molecule has 0 heterocycles. The van der Waals surface area contributed by atoms with Crippen LogP contribution in [0.1, 0.15) is 77.7 Å². The van der Waals surface area contributed by atoms with Crippen LogP contribution in [0.4, 0.5) is 0 Å². The lowest BCUT2D eigenvalue weighted by Crippen LogP contribution is -2.48. The molecule has 30 heavy (non-hydrogen) atoms. The number of sulfonamides is 1. The van der Waals surface area contributed by atoms with E-state index in [0.29, 0.717) is 10.3 Å². The van der Waals surface area contributed by atoms with Crippen LogP contribution in [0.15, 0.2) is 29.2 Å². The first kappa shape index (κ1) is 22.3. The minimum Gasteiger partial charge on any atom is -0.304 e. The van der Waals surface area contributed by atoms with Crippen molar-refractivity contribution in [3.8, 4) is 0 Å². The van der Waals surface area contributed by atoms with Gasteiger partial charge in [-0.25, -0.2) is 13.1 Å². The molecule has 1 atom stereocenters. The Morgan fingerprint density at radius 1 is 1.00 bits per heavy atom. The highest BCUT2D eigenvalue weighted by atomic mass is 32.2. The maximum atomic E-state index is 12.9. The van der Waals surface area contributed by atoms with Crippen LogP contribution in [0.2, 0.25) is 0 Å². The van der Waals surface area contributed by atoms with Crippen LogP contribution >= 0.6 is 0 Å². The Kier molecular flexibility index (Phi) is 6.62. The molecule has 4 aliphatic carbocycles. The van der Waals surface area contributed by atoms with Gasteiger partial charge in [0.2, 0.25) is 10.0 Å². The van der Waals surface area contributed by atoms with Gasteiger partial charge in [0.25, 0.3) is 0 Å². The number of hydrogen-bond acceptors (Lipinski definition) is 3. The predicted octanol–water partition coefficient (Wildman–Crippen LogP) is 4.94. The van der Waals surface area contributed by atoms with Crippen LogP contribution < -0.4 is 4.72 Å². The van der Waals surface area contributed by atoms with Gasteiger partial charge in [0.05, 0.1) is 4.90 Å². The smallest absolute Gasteiger partial charge is 0.240 e. The largest absolute Gasteiger partial charge is 0.304 e. The van der Waals surface area contributed by atoms with Crippen molar-refractivity contribution in [2.45, 2.75) is 88.5 Å². The van der Waals surface area contributed by atoms with Crippen molar-refractivity contribution in [1.29, 1.82) is 0 Å². The van der Waals surface area contributed by atoms with Gasteiger partial charge < -0.3 is 4.90 Å². The maximum absolute atomic E-state index is 12.9. The summed E-state index contributed by atoms with van der Waals surface area (Å²) >= 11 is 0. The van der Waals surface area contributed by atoms with Crippen molar-refractivity contribution in [2.75, 3.05) is 19.6 Å². The molecule has 0 aromatic heterocycles. The summed E-state index contributed by atoms with van der Waals surface area (Å²) in [5.74, 6) is 2.70. The average Bonchev–Trinajstić information content (AvgIpc) is 2.70. The highest BCUT2D eigenvalue weighted by Crippen LogP contribution is 2.60. The fourth-order valence-corrected chi connectivity index (χ4v) is 8.28. The molecule has 0 amide bonds. The lowest BCUT2D eigenvalue weighted by molar-refractivity contribution is -0.00521. The highest BCUT2D eigenvalue weighted by Gasteiger charge is 2.51. The Morgan fingerprint density at radius 2 is 1.53 bits per heavy atom. The maximum Gasteiger partial charge on any atom is 0.240 e. The average molecular weight is 433 g/mol. The molecule has 0 saturated heterocycles. The molecule has 0 spiro atoms. The molecule has 0 unspecified atom stereocenters. The van der Waals surface area contributed by atoms with Crippen LogP contribution in [-0.4, -0.2) is 39.0 Å². The van der Waals surface area contributed by atoms with Crippen molar-refractivity contribution >= 4 is 10.0 Å². The summed E-state index contributed by atoms with van der Waals surface area (Å²) in [5.41, 5.74) is 1.70. The molecule has 0 radical (unpaired) electrons. The first-order chi connectivity index (χ1) is 14.3. The first-order valence-electron chi connectivity index (χ1n) is 12.2. The van der Waals surface area contributed by atoms with Crippen molar-refractivity contribution in [3.63, 3.8) is 0 Å². The summed E-state index contributed by atoms with van der Waals surface area (Å²) < 4.78 is 28.7. The van der Waals surface area contributed by atoms with E-state index in [-0.39, 0.29) is 6.04 Å². The van der Waals surface area contributed by atoms with E-state index in [9.17, 15) is 8.42 Å². The molecule has 4 nitrogen and oxygen atoms in total. The summed E-state index contributed by atoms with van der Waals surface area (Å²) in [6, 6.07) is 7.88. The second-order valence-electron chi connectivity index (χ2n) is 10.4. The SMILES string of the molecule is CCN(CC)CCC[C@H](C)NS(=O)(=O)c1ccc(C23CC4CC(CC(C4)C2)C3)cc1. The molecular formula is C25H40N2O2S. The number of hydrogen-bond donors (Lipinski definition) is 1. The number of nitrogens with one attached hydrogen (secondary N) is 1. The Balaban J connectivity index is 1.37. The van der Waals surface area contributed by atoms with Gasteiger partial charge in [-0.3, -0.25) is 0 Å². The first-order valence-corrected chi connectivity index (χ1v) is 13.7. The van der Waals surface area contributed by atoms with Crippen LogP contribution in [0.3, 0.4) is 0 Å². The zero-order chi connectivity index (χ0) is 21.4. The zero-order valence-corrected chi connectivity index (χ0v) is 19.9. The summed E-state index contributed by atoms with van der Waals surface area (Å²) in [7, 11) is -3.46. The lowest BCUT2D eigenvalue weighted by Gasteiger charge is -2.57. The Bertz CT molecular complexity index is 779. The van der Waals surface area contributed by atoms with Gasteiger partial charge in [-0.1, -0.05) is 26.0 Å². The third-order valence-corrected chi connectivity index (χ3v) is 9.78. The number of benzene rings is 1. The van der Waals surface area contributed by atoms with E-state index in [1.54, 1.807) is 0 Å². The molecule has 1 aromatic carbocycles. The van der Waals surface area contributed by atoms with E-state index in [2.05, 4.69) is 35.6 Å². The van der Waals surface area contributed by atoms with Crippen molar-refractivity contribution in [3.05, 3.63) is 29.8 Å². The van der Waals surface area contributed by atoms with Gasteiger partial charge in [0.15, 0.2) is 0 Å². The van der Waals surface area contributed by atoms with Crippen molar-refractivity contribution < 1.29 is 8.42 Å². The van der Waals surface area contributed by atoms with Gasteiger partial charge >= 0.3 is 0 Å². The Morgan fingerprint density at radius 3 is 2.03 bits per heavy atom. The van der Waals surface area contributed by atoms with Crippen LogP contribution in [0.5, 0.6) is 0 Å². The fraction of sp³-hybridized carbons (Fsp3) is 0.760. The minimum absolute atomic E-state index is 0.0478. The second kappa shape index (κ2) is 8.91. The van der Waals surface area contributed by atoms with Crippen molar-refractivity contribution in [2.24, 2.45) is 17.8 Å². The van der Waals surface area contributed by atoms with Gasteiger partial charge in [0.1, 0.15) is 0 Å². The Hall–Kier alpha value is -0.910. The topological polar surface area (TPSA) is 49.4 Å². The van der Waals surface area contributed by atoms with Gasteiger partial charge in [-0.05, 0) is 119 Å². The van der Waals surface area contributed by atoms with Crippen LogP contribution in [0, 0.1) is 17.8 Å². The van der Waals surface area contributed by atoms with E-state index < -0.39 is 10.0 Å². The molecule has 0 aliphatic heterocycles. The quantitative estimate of drug-likeness (QED) is 0.569. The van der Waals surface area contributed by atoms with E-state index in [0.717, 1.165) is 50.2 Å². The molecule has 4 bridgehead atoms. The third kappa shape index (κ3) is 4.63. The van der Waals surface area contributed by atoms with Gasteiger partial charge in [-0.15, -0.1) is 0 Å². The van der Waals surface area contributed by atoms with Gasteiger partial charge in [-0.2, -0.15) is 0 Å². The van der Waals surface area contributed by atoms with Crippen LogP contribution in [0.25, 0.3) is 0 Å². The summed E-state index contributed by atoms with van der Waals surface area (Å²) in [5, 5.41) is 0. The summed E-state index contributed by atoms with van der Waals surface area (Å²) in [4.78, 5) is 2.79. The molecule has 168 valence electrons. The fourth-order valence-electron chi connectivity index (χ4n) is 7.00. The van der Waals surface area contributed by atoms with Gasteiger partial charge in [0, 0.05) is 6.04 Å². The zero-order valence-electron chi connectivity index (χ0n) is 19.1. The third-order valence-electron chi connectivity index (χ3n) is 8.18. The normalized spacial score (nSPS) is 31.4. The molecular weight excluding hydrogens is 392 g/mol. The highest BCUT2D eigenvalue weighted by molar-refractivity contribution is 7.89. The molecule has 1 aromatic rings. The summed E-state index contributed by atoms with van der Waals surface area (Å²) in [6.07, 6.45) is 10.1. The van der Waals surface area contributed by atoms with E-state index >= 15 is 0 Å². The molecule has 1 N–H and O–H groups in total. The molecule has 5 rings (SSSR count). The second-order valence-corrected chi connectivity index (χ2v) is 12.1. The minimum atomic E-state index is -3.46. The molecule has 4 saturated carbocycles. The van der Waals surface area contributed by atoms with E-state index in [1.807, 2.05) is 19.1 Å². The number of rotatable bonds is 10. The van der Waals surface area contributed by atoms with E-state index in [4.69, 9.17) is 0 Å². The lowest BCUT2D eigenvalue weighted by atomic mass is 9.48.